The van der Waals surface area contributed by atoms with E-state index < -0.39 is 15.9 Å². The first kappa shape index (κ1) is 23.3. The summed E-state index contributed by atoms with van der Waals surface area (Å²) in [6, 6.07) is 13.9. The van der Waals surface area contributed by atoms with Gasteiger partial charge < -0.3 is 20.2 Å². The smallest absolute Gasteiger partial charge is 0.253 e. The molecule has 0 spiro atoms. The minimum absolute atomic E-state index is 0.175. The standard InChI is InChI=1S/C23H24N6O4S/c1-14-11-17(9-10-20(14)34(3,31)32)25-23-24-12-18(22-29-28-15(2)33-22)21(27-23)26-19(13-30)16-7-5-4-6-8-16/h4-12,19,30H,13H2,1-3H3,(H2,24,25,26,27)/t19-/m1/s1. The van der Waals surface area contributed by atoms with Crippen molar-refractivity contribution in [3.63, 3.8) is 0 Å². The third-order valence-electron chi connectivity index (χ3n) is 5.07. The lowest BCUT2D eigenvalue weighted by Crippen LogP contribution is -2.17. The molecule has 0 aliphatic heterocycles. The number of anilines is 3. The normalized spacial score (nSPS) is 12.4. The van der Waals surface area contributed by atoms with Gasteiger partial charge in [0.05, 0.1) is 23.1 Å². The van der Waals surface area contributed by atoms with Gasteiger partial charge >= 0.3 is 0 Å². The highest BCUT2D eigenvalue weighted by Gasteiger charge is 2.19. The number of aliphatic hydroxyl groups excluding tert-OH is 1. The molecule has 0 saturated carbocycles. The highest BCUT2D eigenvalue weighted by atomic mass is 32.2. The molecular formula is C23H24N6O4S. The molecule has 0 unspecified atom stereocenters. The third-order valence-corrected chi connectivity index (χ3v) is 6.33. The molecule has 2 heterocycles. The van der Waals surface area contributed by atoms with E-state index in [2.05, 4.69) is 30.8 Å². The fourth-order valence-corrected chi connectivity index (χ4v) is 4.43. The Morgan fingerprint density at radius 1 is 1.09 bits per heavy atom. The van der Waals surface area contributed by atoms with E-state index in [0.717, 1.165) is 5.56 Å². The summed E-state index contributed by atoms with van der Waals surface area (Å²) < 4.78 is 29.4. The molecule has 11 heteroatoms. The van der Waals surface area contributed by atoms with E-state index in [1.807, 2.05) is 30.3 Å². The fraction of sp³-hybridized carbons (Fsp3) is 0.217. The van der Waals surface area contributed by atoms with Crippen LogP contribution in [0.4, 0.5) is 17.5 Å². The summed E-state index contributed by atoms with van der Waals surface area (Å²) in [6.07, 6.45) is 2.72. The number of benzene rings is 2. The highest BCUT2D eigenvalue weighted by Crippen LogP contribution is 2.30. The SMILES string of the molecule is Cc1nnc(-c2cnc(Nc3ccc(S(C)(=O)=O)c(C)c3)nc2N[C@H](CO)c2ccccc2)o1. The van der Waals surface area contributed by atoms with Crippen molar-refractivity contribution in [3.05, 3.63) is 71.7 Å². The summed E-state index contributed by atoms with van der Waals surface area (Å²) in [5.41, 5.74) is 2.58. The number of nitrogens with zero attached hydrogens (tertiary/aromatic N) is 4. The van der Waals surface area contributed by atoms with Crippen LogP contribution < -0.4 is 10.6 Å². The summed E-state index contributed by atoms with van der Waals surface area (Å²) in [5, 5.41) is 24.3. The predicted molar refractivity (Wildman–Crippen MR) is 128 cm³/mol. The number of nitrogens with one attached hydrogen (secondary N) is 2. The van der Waals surface area contributed by atoms with Crippen molar-refractivity contribution >= 4 is 27.3 Å². The fourth-order valence-electron chi connectivity index (χ4n) is 3.47. The Morgan fingerprint density at radius 2 is 1.85 bits per heavy atom. The monoisotopic (exact) mass is 480 g/mol. The van der Waals surface area contributed by atoms with Crippen LogP contribution in [0.15, 0.2) is 64.0 Å². The van der Waals surface area contributed by atoms with Crippen molar-refractivity contribution in [2.45, 2.75) is 24.8 Å². The molecule has 0 aliphatic rings. The maximum Gasteiger partial charge on any atom is 0.253 e. The Kier molecular flexibility index (Phi) is 6.57. The van der Waals surface area contributed by atoms with Crippen molar-refractivity contribution < 1.29 is 17.9 Å². The first-order chi connectivity index (χ1) is 16.2. The predicted octanol–water partition coefficient (Wildman–Crippen LogP) is 3.44. The molecule has 0 fully saturated rings. The number of hydrogen-bond acceptors (Lipinski definition) is 10. The molecule has 4 aromatic rings. The van der Waals surface area contributed by atoms with Crippen molar-refractivity contribution in [2.75, 3.05) is 23.5 Å². The van der Waals surface area contributed by atoms with Gasteiger partial charge in [0.1, 0.15) is 5.82 Å². The summed E-state index contributed by atoms with van der Waals surface area (Å²) in [7, 11) is -3.32. The van der Waals surface area contributed by atoms with E-state index in [4.69, 9.17) is 4.42 Å². The second-order valence-electron chi connectivity index (χ2n) is 7.75. The van der Waals surface area contributed by atoms with E-state index in [-0.39, 0.29) is 23.3 Å². The van der Waals surface area contributed by atoms with Crippen LogP contribution in [0, 0.1) is 13.8 Å². The Morgan fingerprint density at radius 3 is 2.47 bits per heavy atom. The van der Waals surface area contributed by atoms with Gasteiger partial charge in [-0.25, -0.2) is 13.4 Å². The van der Waals surface area contributed by atoms with Crippen LogP contribution in [0.5, 0.6) is 0 Å². The zero-order valence-corrected chi connectivity index (χ0v) is 19.7. The number of rotatable bonds is 8. The Balaban J connectivity index is 1.69. The maximum absolute atomic E-state index is 11.9. The molecule has 0 aliphatic carbocycles. The van der Waals surface area contributed by atoms with Crippen molar-refractivity contribution in [3.8, 4) is 11.5 Å². The molecule has 2 aromatic heterocycles. The minimum atomic E-state index is -3.32. The molecule has 3 N–H and O–H groups in total. The van der Waals surface area contributed by atoms with Gasteiger partial charge in [-0.15, -0.1) is 10.2 Å². The summed E-state index contributed by atoms with van der Waals surface area (Å²) in [6.45, 7) is 3.23. The molecule has 34 heavy (non-hydrogen) atoms. The van der Waals surface area contributed by atoms with E-state index in [9.17, 15) is 13.5 Å². The molecule has 0 amide bonds. The maximum atomic E-state index is 11.9. The molecule has 10 nitrogen and oxygen atoms in total. The van der Waals surface area contributed by atoms with Crippen molar-refractivity contribution in [2.24, 2.45) is 0 Å². The van der Waals surface area contributed by atoms with Gasteiger partial charge in [-0.2, -0.15) is 4.98 Å². The third kappa shape index (κ3) is 5.21. The van der Waals surface area contributed by atoms with Crippen LogP contribution in [0.3, 0.4) is 0 Å². The first-order valence-corrected chi connectivity index (χ1v) is 12.3. The van der Waals surface area contributed by atoms with Gasteiger partial charge in [0.25, 0.3) is 5.89 Å². The van der Waals surface area contributed by atoms with Crippen molar-refractivity contribution in [1.82, 2.24) is 20.2 Å². The second kappa shape index (κ2) is 9.57. The Bertz CT molecular complexity index is 1410. The van der Waals surface area contributed by atoms with Gasteiger partial charge in [-0.1, -0.05) is 30.3 Å². The van der Waals surface area contributed by atoms with E-state index in [1.165, 1.54) is 6.26 Å². The molecule has 0 saturated heterocycles. The van der Waals surface area contributed by atoms with Gasteiger partial charge in [0, 0.05) is 25.1 Å². The molecule has 0 bridgehead atoms. The number of sulfone groups is 1. The molecule has 1 atom stereocenters. The van der Waals surface area contributed by atoms with Crippen LogP contribution in [-0.2, 0) is 9.84 Å². The molecule has 4 rings (SSSR count). The van der Waals surface area contributed by atoms with E-state index in [0.29, 0.717) is 28.5 Å². The number of aromatic nitrogens is 4. The van der Waals surface area contributed by atoms with Gasteiger partial charge in [0.15, 0.2) is 9.84 Å². The van der Waals surface area contributed by atoms with Crippen LogP contribution in [0.2, 0.25) is 0 Å². The Hall–Kier alpha value is -3.83. The van der Waals surface area contributed by atoms with Crippen LogP contribution >= 0.6 is 0 Å². The lowest BCUT2D eigenvalue weighted by atomic mass is 10.1. The molecule has 0 radical (unpaired) electrons. The number of aryl methyl sites for hydroxylation is 2. The van der Waals surface area contributed by atoms with Crippen LogP contribution in [-0.4, -0.2) is 46.6 Å². The molecule has 2 aromatic carbocycles. The zero-order valence-electron chi connectivity index (χ0n) is 18.8. The quantitative estimate of drug-likeness (QED) is 0.343. The van der Waals surface area contributed by atoms with Crippen molar-refractivity contribution in [1.29, 1.82) is 0 Å². The zero-order chi connectivity index (χ0) is 24.3. The lowest BCUT2D eigenvalue weighted by Gasteiger charge is -2.19. The Labute approximate surface area is 197 Å². The average molecular weight is 481 g/mol. The summed E-state index contributed by atoms with van der Waals surface area (Å²) in [5.74, 6) is 1.28. The lowest BCUT2D eigenvalue weighted by molar-refractivity contribution is 0.276. The largest absolute Gasteiger partial charge is 0.421 e. The summed E-state index contributed by atoms with van der Waals surface area (Å²) in [4.78, 5) is 9.19. The van der Waals surface area contributed by atoms with Crippen LogP contribution in [0.1, 0.15) is 23.1 Å². The van der Waals surface area contributed by atoms with Gasteiger partial charge in [0.2, 0.25) is 11.8 Å². The average Bonchev–Trinajstić information content (AvgIpc) is 3.23. The summed E-state index contributed by atoms with van der Waals surface area (Å²) >= 11 is 0. The number of hydrogen-bond donors (Lipinski definition) is 3. The van der Waals surface area contributed by atoms with E-state index in [1.54, 1.807) is 38.2 Å². The first-order valence-electron chi connectivity index (χ1n) is 10.4. The topological polar surface area (TPSA) is 143 Å². The molecule has 176 valence electrons. The number of aliphatic hydroxyl groups is 1. The minimum Gasteiger partial charge on any atom is -0.421 e. The molecular weight excluding hydrogens is 456 g/mol. The highest BCUT2D eigenvalue weighted by molar-refractivity contribution is 7.90. The van der Waals surface area contributed by atoms with Crippen LogP contribution in [0.25, 0.3) is 11.5 Å². The second-order valence-corrected chi connectivity index (χ2v) is 9.73. The van der Waals surface area contributed by atoms with Gasteiger partial charge in [-0.3, -0.25) is 0 Å². The van der Waals surface area contributed by atoms with E-state index >= 15 is 0 Å². The van der Waals surface area contributed by atoms with Gasteiger partial charge in [-0.05, 0) is 36.2 Å².